The zero-order valence-electron chi connectivity index (χ0n) is 18.3. The quantitative estimate of drug-likeness (QED) is 0.332. The summed E-state index contributed by atoms with van der Waals surface area (Å²) in [5.41, 5.74) is 3.48. The van der Waals surface area contributed by atoms with Crippen molar-refractivity contribution in [2.24, 2.45) is 0 Å². The van der Waals surface area contributed by atoms with Gasteiger partial charge >= 0.3 is 0 Å². The van der Waals surface area contributed by atoms with Gasteiger partial charge in [0, 0.05) is 32.7 Å². The van der Waals surface area contributed by atoms with Crippen LogP contribution in [0.5, 0.6) is 11.5 Å². The van der Waals surface area contributed by atoms with Crippen LogP contribution in [0.4, 0.5) is 5.69 Å². The summed E-state index contributed by atoms with van der Waals surface area (Å²) in [6, 6.07) is 26.2. The lowest BCUT2D eigenvalue weighted by Crippen LogP contribution is -2.46. The molecule has 3 aromatic rings. The monoisotopic (exact) mass is 452 g/mol. The highest BCUT2D eigenvalue weighted by Crippen LogP contribution is 2.28. The summed E-state index contributed by atoms with van der Waals surface area (Å²) in [6.45, 7) is 5.30. The maximum absolute atomic E-state index is 6.18. The highest BCUT2D eigenvalue weighted by Gasteiger charge is 2.19. The molecule has 1 aliphatic heterocycles. The minimum absolute atomic E-state index is 0.411. The molecule has 32 heavy (non-hydrogen) atoms. The molecule has 0 amide bonds. The molecule has 1 unspecified atom stereocenters. The van der Waals surface area contributed by atoms with Gasteiger partial charge in [-0.15, -0.1) is 0 Å². The van der Waals surface area contributed by atoms with Crippen LogP contribution in [0.3, 0.4) is 0 Å². The standard InChI is InChI=1S/C26H29ClN2O3/c1-30-25-10-6-5-9-24(25)29-17-15-28(16-18-29)19-21-11-13-23(14-12-21)32-26(27)31-20-22-7-3-2-4-8-22/h2-14,26H,15-20H2,1H3. The first kappa shape index (κ1) is 22.5. The Hall–Kier alpha value is -2.73. The largest absolute Gasteiger partial charge is 0.495 e. The number of hydrogen-bond donors (Lipinski definition) is 0. The first-order valence-electron chi connectivity index (χ1n) is 10.9. The van der Waals surface area contributed by atoms with Crippen LogP contribution >= 0.6 is 11.6 Å². The highest BCUT2D eigenvalue weighted by molar-refractivity contribution is 6.18. The topological polar surface area (TPSA) is 34.2 Å². The molecule has 0 aromatic heterocycles. The normalized spacial score (nSPS) is 15.4. The van der Waals surface area contributed by atoms with Crippen molar-refractivity contribution in [1.82, 2.24) is 4.90 Å². The molecule has 6 heteroatoms. The fourth-order valence-electron chi connectivity index (χ4n) is 3.85. The zero-order valence-corrected chi connectivity index (χ0v) is 19.1. The van der Waals surface area contributed by atoms with Gasteiger partial charge in [-0.25, -0.2) is 0 Å². The third kappa shape index (κ3) is 6.16. The van der Waals surface area contributed by atoms with Crippen molar-refractivity contribution in [3.63, 3.8) is 0 Å². The number of rotatable bonds is 9. The van der Waals surface area contributed by atoms with E-state index in [1.54, 1.807) is 7.11 Å². The fourth-order valence-corrected chi connectivity index (χ4v) is 4.01. The molecule has 1 heterocycles. The predicted molar refractivity (Wildman–Crippen MR) is 128 cm³/mol. The molecule has 5 nitrogen and oxygen atoms in total. The molecule has 4 rings (SSSR count). The van der Waals surface area contributed by atoms with Crippen molar-refractivity contribution in [2.45, 2.75) is 18.9 Å². The van der Waals surface area contributed by atoms with E-state index in [0.29, 0.717) is 12.4 Å². The number of nitrogens with zero attached hydrogens (tertiary/aromatic N) is 2. The summed E-state index contributed by atoms with van der Waals surface area (Å²) < 4.78 is 16.8. The lowest BCUT2D eigenvalue weighted by molar-refractivity contribution is -0.0306. The van der Waals surface area contributed by atoms with Crippen LogP contribution in [0.2, 0.25) is 0 Å². The smallest absolute Gasteiger partial charge is 0.280 e. The summed E-state index contributed by atoms with van der Waals surface area (Å²) in [7, 11) is 1.73. The SMILES string of the molecule is COc1ccccc1N1CCN(Cc2ccc(OC(Cl)OCc3ccccc3)cc2)CC1. The lowest BCUT2D eigenvalue weighted by atomic mass is 10.1. The van der Waals surface area contributed by atoms with E-state index in [1.807, 2.05) is 54.6 Å². The van der Waals surface area contributed by atoms with E-state index in [0.717, 1.165) is 44.0 Å². The van der Waals surface area contributed by atoms with Crippen molar-refractivity contribution < 1.29 is 14.2 Å². The van der Waals surface area contributed by atoms with E-state index < -0.39 is 5.75 Å². The summed E-state index contributed by atoms with van der Waals surface area (Å²) in [5, 5.41) is 0. The Labute approximate surface area is 195 Å². The maximum Gasteiger partial charge on any atom is 0.280 e. The number of alkyl halides is 1. The highest BCUT2D eigenvalue weighted by atomic mass is 35.5. The second-order valence-corrected chi connectivity index (χ2v) is 8.12. The van der Waals surface area contributed by atoms with Crippen LogP contribution in [0.15, 0.2) is 78.9 Å². The van der Waals surface area contributed by atoms with Crippen LogP contribution in [-0.4, -0.2) is 43.9 Å². The summed E-state index contributed by atoms with van der Waals surface area (Å²) in [5.74, 6) is 0.800. The van der Waals surface area contributed by atoms with Gasteiger partial charge < -0.3 is 19.1 Å². The van der Waals surface area contributed by atoms with E-state index in [4.69, 9.17) is 25.8 Å². The van der Waals surface area contributed by atoms with Gasteiger partial charge in [-0.2, -0.15) is 0 Å². The van der Waals surface area contributed by atoms with Gasteiger partial charge in [-0.3, -0.25) is 4.90 Å². The molecule has 1 fully saturated rings. The minimum Gasteiger partial charge on any atom is -0.495 e. The van der Waals surface area contributed by atoms with Crippen LogP contribution in [0.25, 0.3) is 0 Å². The number of anilines is 1. The Morgan fingerprint density at radius 1 is 0.812 bits per heavy atom. The second kappa shape index (κ2) is 11.2. The number of piperazine rings is 1. The summed E-state index contributed by atoms with van der Waals surface area (Å²) in [4.78, 5) is 4.86. The Bertz CT molecular complexity index is 960. The number of hydrogen-bond acceptors (Lipinski definition) is 5. The molecule has 0 aliphatic carbocycles. The first-order valence-corrected chi connectivity index (χ1v) is 11.3. The molecule has 3 aromatic carbocycles. The average molecular weight is 453 g/mol. The number of halogens is 1. The van der Waals surface area contributed by atoms with Gasteiger partial charge in [-0.1, -0.05) is 54.6 Å². The van der Waals surface area contributed by atoms with E-state index in [1.165, 1.54) is 11.3 Å². The van der Waals surface area contributed by atoms with Crippen LogP contribution in [-0.2, 0) is 17.9 Å². The molecule has 168 valence electrons. The average Bonchev–Trinajstić information content (AvgIpc) is 2.85. The van der Waals surface area contributed by atoms with Gasteiger partial charge in [0.1, 0.15) is 11.5 Å². The molecule has 1 atom stereocenters. The third-order valence-electron chi connectivity index (χ3n) is 5.58. The van der Waals surface area contributed by atoms with Gasteiger partial charge in [0.15, 0.2) is 0 Å². The van der Waals surface area contributed by atoms with E-state index in [9.17, 15) is 0 Å². The Kier molecular flexibility index (Phi) is 7.88. The Morgan fingerprint density at radius 3 is 2.22 bits per heavy atom. The van der Waals surface area contributed by atoms with Crippen LogP contribution in [0.1, 0.15) is 11.1 Å². The Balaban J connectivity index is 1.23. The van der Waals surface area contributed by atoms with Crippen LogP contribution < -0.4 is 14.4 Å². The van der Waals surface area contributed by atoms with Crippen molar-refractivity contribution in [3.8, 4) is 11.5 Å². The molecule has 1 saturated heterocycles. The number of ether oxygens (including phenoxy) is 3. The maximum atomic E-state index is 6.18. The molecule has 0 spiro atoms. The fraction of sp³-hybridized carbons (Fsp3) is 0.308. The number of benzene rings is 3. The molecule has 0 saturated carbocycles. The number of para-hydroxylation sites is 2. The number of methoxy groups -OCH3 is 1. The summed E-state index contributed by atoms with van der Waals surface area (Å²) >= 11 is 6.18. The molecule has 0 radical (unpaired) electrons. The van der Waals surface area contributed by atoms with E-state index in [2.05, 4.69) is 34.1 Å². The van der Waals surface area contributed by atoms with Crippen molar-refractivity contribution in [3.05, 3.63) is 90.0 Å². The Morgan fingerprint density at radius 2 is 1.50 bits per heavy atom. The van der Waals surface area contributed by atoms with E-state index >= 15 is 0 Å². The second-order valence-electron chi connectivity index (χ2n) is 7.77. The van der Waals surface area contributed by atoms with Crippen molar-refractivity contribution in [2.75, 3.05) is 38.2 Å². The van der Waals surface area contributed by atoms with Gasteiger partial charge in [0.05, 0.1) is 19.4 Å². The summed E-state index contributed by atoms with van der Waals surface area (Å²) in [6.07, 6.45) is 0. The van der Waals surface area contributed by atoms with Crippen molar-refractivity contribution in [1.29, 1.82) is 0 Å². The first-order chi connectivity index (χ1) is 15.7. The molecule has 0 bridgehead atoms. The van der Waals surface area contributed by atoms with E-state index in [-0.39, 0.29) is 0 Å². The van der Waals surface area contributed by atoms with Gasteiger partial charge in [0.2, 0.25) is 0 Å². The molecule has 1 aliphatic rings. The molecular weight excluding hydrogens is 424 g/mol. The zero-order chi connectivity index (χ0) is 22.2. The van der Waals surface area contributed by atoms with Gasteiger partial charge in [0.25, 0.3) is 5.75 Å². The molecular formula is C26H29ClN2O3. The molecule has 0 N–H and O–H groups in total. The third-order valence-corrected chi connectivity index (χ3v) is 5.80. The minimum atomic E-state index is -0.830. The predicted octanol–water partition coefficient (Wildman–Crippen LogP) is 5.14. The lowest BCUT2D eigenvalue weighted by Gasteiger charge is -2.36. The van der Waals surface area contributed by atoms with Crippen LogP contribution in [0, 0.1) is 0 Å². The van der Waals surface area contributed by atoms with Crippen molar-refractivity contribution >= 4 is 17.3 Å². The van der Waals surface area contributed by atoms with Gasteiger partial charge in [-0.05, 0) is 47.0 Å².